The van der Waals surface area contributed by atoms with Gasteiger partial charge in [-0.25, -0.2) is 4.98 Å². The van der Waals surface area contributed by atoms with Gasteiger partial charge in [0.25, 0.3) is 0 Å². The van der Waals surface area contributed by atoms with Crippen molar-refractivity contribution in [1.82, 2.24) is 4.98 Å². The van der Waals surface area contributed by atoms with Gasteiger partial charge in [0.15, 0.2) is 12.2 Å². The van der Waals surface area contributed by atoms with Crippen molar-refractivity contribution in [2.24, 2.45) is 11.7 Å². The Morgan fingerprint density at radius 2 is 2.21 bits per heavy atom. The van der Waals surface area contributed by atoms with Crippen molar-refractivity contribution in [3.8, 4) is 0 Å². The van der Waals surface area contributed by atoms with Gasteiger partial charge >= 0.3 is 0 Å². The molecule has 0 fully saturated rings. The molecule has 1 rings (SSSR count). The molecule has 2 unspecified atom stereocenters. The second-order valence-electron chi connectivity index (χ2n) is 3.98. The summed E-state index contributed by atoms with van der Waals surface area (Å²) in [5, 5.41) is 9.73. The van der Waals surface area contributed by atoms with E-state index in [1.807, 2.05) is 0 Å². The molecule has 1 aromatic heterocycles. The lowest BCUT2D eigenvalue weighted by atomic mass is 9.99. The van der Waals surface area contributed by atoms with Gasteiger partial charge in [0.2, 0.25) is 0 Å². The van der Waals surface area contributed by atoms with E-state index in [2.05, 4.69) is 18.8 Å². The highest BCUT2D eigenvalue weighted by molar-refractivity contribution is 4.97. The number of rotatable bonds is 5. The number of oxazole rings is 1. The molecule has 0 aromatic carbocycles. The van der Waals surface area contributed by atoms with E-state index in [4.69, 9.17) is 10.2 Å². The molecule has 0 bridgehead atoms. The molecule has 0 spiro atoms. The first kappa shape index (κ1) is 11.2. The first-order valence-corrected chi connectivity index (χ1v) is 4.93. The number of nitrogens with two attached hydrogens (primary N) is 1. The van der Waals surface area contributed by atoms with Crippen molar-refractivity contribution >= 4 is 0 Å². The first-order valence-electron chi connectivity index (χ1n) is 4.93. The number of nitrogens with zero attached hydrogens (tertiary/aromatic N) is 1. The Hall–Kier alpha value is -0.870. The van der Waals surface area contributed by atoms with E-state index in [1.54, 1.807) is 0 Å². The fraction of sp³-hybridized carbons (Fsp3) is 0.700. The molecule has 0 saturated carbocycles. The Labute approximate surface area is 84.1 Å². The lowest BCUT2D eigenvalue weighted by Gasteiger charge is -2.17. The Balaban J connectivity index is 2.41. The Morgan fingerprint density at radius 1 is 1.50 bits per heavy atom. The summed E-state index contributed by atoms with van der Waals surface area (Å²) in [6, 6.07) is -0.273. The summed E-state index contributed by atoms with van der Waals surface area (Å²) in [6.07, 6.45) is 3.86. The molecule has 0 aliphatic heterocycles. The Morgan fingerprint density at radius 3 is 2.71 bits per heavy atom. The van der Waals surface area contributed by atoms with Crippen LogP contribution in [0.3, 0.4) is 0 Å². The fourth-order valence-corrected chi connectivity index (χ4v) is 1.27. The van der Waals surface area contributed by atoms with Crippen LogP contribution in [-0.4, -0.2) is 16.1 Å². The van der Waals surface area contributed by atoms with Gasteiger partial charge in [-0.15, -0.1) is 0 Å². The van der Waals surface area contributed by atoms with Crippen LogP contribution in [-0.2, 0) is 0 Å². The van der Waals surface area contributed by atoms with Crippen LogP contribution < -0.4 is 5.73 Å². The van der Waals surface area contributed by atoms with Crippen LogP contribution in [0.5, 0.6) is 0 Å². The second-order valence-corrected chi connectivity index (χ2v) is 3.98. The van der Waals surface area contributed by atoms with Crippen LogP contribution in [0.1, 0.15) is 38.6 Å². The van der Waals surface area contributed by atoms with Gasteiger partial charge in [-0.1, -0.05) is 13.8 Å². The molecular formula is C10H18N2O2. The normalized spacial score (nSPS) is 15.8. The maximum Gasteiger partial charge on any atom is 0.180 e. The monoisotopic (exact) mass is 198 g/mol. The third-order valence-corrected chi connectivity index (χ3v) is 2.23. The molecule has 2 atom stereocenters. The predicted octanol–water partition coefficient (Wildman–Crippen LogP) is 1.47. The minimum Gasteiger partial charge on any atom is -0.446 e. The molecular weight excluding hydrogens is 180 g/mol. The quantitative estimate of drug-likeness (QED) is 0.751. The molecule has 0 radical (unpaired) electrons. The van der Waals surface area contributed by atoms with Crippen LogP contribution in [0.15, 0.2) is 17.0 Å². The minimum atomic E-state index is -0.740. The van der Waals surface area contributed by atoms with Gasteiger partial charge in [-0.05, 0) is 18.8 Å². The topological polar surface area (TPSA) is 72.3 Å². The van der Waals surface area contributed by atoms with Crippen molar-refractivity contribution in [2.75, 3.05) is 0 Å². The van der Waals surface area contributed by atoms with Gasteiger partial charge in [0.05, 0.1) is 6.20 Å². The van der Waals surface area contributed by atoms with Gasteiger partial charge in [-0.2, -0.15) is 0 Å². The zero-order chi connectivity index (χ0) is 10.6. The molecule has 0 aliphatic rings. The van der Waals surface area contributed by atoms with Crippen LogP contribution in [0, 0.1) is 5.92 Å². The third-order valence-electron chi connectivity index (χ3n) is 2.23. The van der Waals surface area contributed by atoms with Crippen molar-refractivity contribution < 1.29 is 9.52 Å². The Bertz CT molecular complexity index is 247. The highest BCUT2D eigenvalue weighted by atomic mass is 16.4. The molecule has 0 saturated heterocycles. The molecule has 4 nitrogen and oxygen atoms in total. The van der Waals surface area contributed by atoms with Gasteiger partial charge in [0.1, 0.15) is 6.10 Å². The lowest BCUT2D eigenvalue weighted by molar-refractivity contribution is 0.115. The van der Waals surface area contributed by atoms with Crippen LogP contribution >= 0.6 is 0 Å². The van der Waals surface area contributed by atoms with Crippen molar-refractivity contribution in [1.29, 1.82) is 0 Å². The highest BCUT2D eigenvalue weighted by Crippen LogP contribution is 2.19. The molecule has 1 aromatic rings. The number of hydrogen-bond acceptors (Lipinski definition) is 4. The van der Waals surface area contributed by atoms with E-state index in [0.29, 0.717) is 11.7 Å². The van der Waals surface area contributed by atoms with E-state index < -0.39 is 6.10 Å². The first-order chi connectivity index (χ1) is 6.61. The van der Waals surface area contributed by atoms with Crippen molar-refractivity contribution in [3.63, 3.8) is 0 Å². The SMILES string of the molecule is CC(C)CCC(N)C(O)c1cnco1. The molecule has 1 heterocycles. The van der Waals surface area contributed by atoms with E-state index in [0.717, 1.165) is 12.8 Å². The zero-order valence-corrected chi connectivity index (χ0v) is 8.68. The summed E-state index contributed by atoms with van der Waals surface area (Å²) >= 11 is 0. The number of aromatic nitrogens is 1. The maximum absolute atomic E-state index is 9.73. The fourth-order valence-electron chi connectivity index (χ4n) is 1.27. The minimum absolute atomic E-state index is 0.273. The predicted molar refractivity (Wildman–Crippen MR) is 53.5 cm³/mol. The van der Waals surface area contributed by atoms with Crippen molar-refractivity contribution in [2.45, 2.75) is 38.8 Å². The average molecular weight is 198 g/mol. The van der Waals surface area contributed by atoms with Crippen molar-refractivity contribution in [3.05, 3.63) is 18.4 Å². The molecule has 4 heteroatoms. The lowest BCUT2D eigenvalue weighted by Crippen LogP contribution is -2.28. The largest absolute Gasteiger partial charge is 0.446 e. The van der Waals surface area contributed by atoms with Crippen LogP contribution in [0.2, 0.25) is 0 Å². The summed E-state index contributed by atoms with van der Waals surface area (Å²) < 4.78 is 4.98. The molecule has 80 valence electrons. The number of hydrogen-bond donors (Lipinski definition) is 2. The Kier molecular flexibility index (Phi) is 4.10. The molecule has 0 aliphatic carbocycles. The smallest absolute Gasteiger partial charge is 0.180 e. The maximum atomic E-state index is 9.73. The zero-order valence-electron chi connectivity index (χ0n) is 8.68. The molecule has 3 N–H and O–H groups in total. The second kappa shape index (κ2) is 5.12. The van der Waals surface area contributed by atoms with Crippen LogP contribution in [0.4, 0.5) is 0 Å². The van der Waals surface area contributed by atoms with E-state index in [1.165, 1.54) is 12.6 Å². The summed E-state index contributed by atoms with van der Waals surface area (Å²) in [4.78, 5) is 3.74. The van der Waals surface area contributed by atoms with E-state index in [9.17, 15) is 5.11 Å². The third kappa shape index (κ3) is 3.12. The van der Waals surface area contributed by atoms with E-state index >= 15 is 0 Å². The summed E-state index contributed by atoms with van der Waals surface area (Å²) in [6.45, 7) is 4.26. The van der Waals surface area contributed by atoms with Crippen LogP contribution in [0.25, 0.3) is 0 Å². The highest BCUT2D eigenvalue weighted by Gasteiger charge is 2.19. The summed E-state index contributed by atoms with van der Waals surface area (Å²) in [5.41, 5.74) is 5.82. The van der Waals surface area contributed by atoms with Gasteiger partial charge < -0.3 is 15.3 Å². The molecule has 0 amide bonds. The standard InChI is InChI=1S/C10H18N2O2/c1-7(2)3-4-8(11)10(13)9-5-12-6-14-9/h5-8,10,13H,3-4,11H2,1-2H3. The number of aliphatic hydroxyl groups is 1. The number of aliphatic hydroxyl groups excluding tert-OH is 1. The van der Waals surface area contributed by atoms with Gasteiger partial charge in [-0.3, -0.25) is 0 Å². The van der Waals surface area contributed by atoms with E-state index in [-0.39, 0.29) is 6.04 Å². The summed E-state index contributed by atoms with van der Waals surface area (Å²) in [7, 11) is 0. The van der Waals surface area contributed by atoms with Gasteiger partial charge in [0, 0.05) is 6.04 Å². The molecule has 14 heavy (non-hydrogen) atoms. The summed E-state index contributed by atoms with van der Waals surface area (Å²) in [5.74, 6) is 1.05. The average Bonchev–Trinajstić information content (AvgIpc) is 2.65.